The van der Waals surface area contributed by atoms with E-state index in [9.17, 15) is 0 Å². The molecule has 3 nitrogen and oxygen atoms in total. The van der Waals surface area contributed by atoms with E-state index in [0.717, 1.165) is 18.8 Å². The molecular weight excluding hydrogens is 234 g/mol. The molecule has 0 saturated carbocycles. The smallest absolute Gasteiger partial charge is 0.200 e. The molecule has 0 aliphatic carbocycles. The van der Waals surface area contributed by atoms with Gasteiger partial charge < -0.3 is 10.3 Å². The Balaban J connectivity index is 1.96. The quantitative estimate of drug-likeness (QED) is 0.879. The zero-order valence-electron chi connectivity index (χ0n) is 12.2. The molecule has 2 N–H and O–H groups in total. The Morgan fingerprint density at radius 1 is 1.11 bits per heavy atom. The minimum absolute atomic E-state index is 0.226. The number of aromatic nitrogens is 2. The van der Waals surface area contributed by atoms with Crippen LogP contribution in [0, 0.1) is 0 Å². The number of aryl methyl sites for hydroxylation is 2. The summed E-state index contributed by atoms with van der Waals surface area (Å²) in [5.74, 6) is 0.832. The molecule has 1 heterocycles. The molecule has 0 bridgehead atoms. The van der Waals surface area contributed by atoms with Crippen LogP contribution in [0.15, 0.2) is 30.5 Å². The normalized spacial score (nSPS) is 11.6. The maximum absolute atomic E-state index is 4.23. The lowest BCUT2D eigenvalue weighted by atomic mass is 9.86. The van der Waals surface area contributed by atoms with E-state index in [2.05, 4.69) is 60.3 Å². The van der Waals surface area contributed by atoms with Gasteiger partial charge in [-0.05, 0) is 29.4 Å². The van der Waals surface area contributed by atoms with Crippen LogP contribution in [-0.2, 0) is 18.3 Å². The Kier molecular flexibility index (Phi) is 3.93. The number of imidazole rings is 1. The van der Waals surface area contributed by atoms with Crippen LogP contribution in [0.25, 0.3) is 0 Å². The van der Waals surface area contributed by atoms with Gasteiger partial charge in [-0.2, -0.15) is 0 Å². The Hall–Kier alpha value is -1.77. The van der Waals surface area contributed by atoms with Crippen LogP contribution in [0.1, 0.15) is 37.6 Å². The summed E-state index contributed by atoms with van der Waals surface area (Å²) < 4.78 is 0. The molecule has 1 aromatic carbocycles. The maximum atomic E-state index is 4.23. The number of nitrogens with zero attached hydrogens (tertiary/aromatic N) is 1. The molecule has 0 amide bonds. The number of aromatic amines is 1. The fourth-order valence-electron chi connectivity index (χ4n) is 2.06. The predicted octanol–water partition coefficient (Wildman–Crippen LogP) is 3.53. The molecule has 0 unspecified atom stereocenters. The molecule has 0 radical (unpaired) electrons. The van der Waals surface area contributed by atoms with Gasteiger partial charge in [-0.25, -0.2) is 4.98 Å². The van der Waals surface area contributed by atoms with Crippen molar-refractivity contribution < 1.29 is 0 Å². The van der Waals surface area contributed by atoms with Gasteiger partial charge in [0.15, 0.2) is 5.95 Å². The molecule has 102 valence electrons. The van der Waals surface area contributed by atoms with Gasteiger partial charge in [-0.1, -0.05) is 45.0 Å². The SMILES string of the molecule is CNc1ncc(CCc2ccc(C(C)(C)C)cc2)[nH]1. The van der Waals surface area contributed by atoms with Crippen molar-refractivity contribution in [2.75, 3.05) is 12.4 Å². The van der Waals surface area contributed by atoms with E-state index in [4.69, 9.17) is 0 Å². The van der Waals surface area contributed by atoms with Crippen LogP contribution in [-0.4, -0.2) is 17.0 Å². The van der Waals surface area contributed by atoms with Crippen LogP contribution < -0.4 is 5.32 Å². The summed E-state index contributed by atoms with van der Waals surface area (Å²) in [6.07, 6.45) is 3.93. The largest absolute Gasteiger partial charge is 0.359 e. The highest BCUT2D eigenvalue weighted by Crippen LogP contribution is 2.22. The molecule has 0 spiro atoms. The molecule has 0 fully saturated rings. The number of benzene rings is 1. The van der Waals surface area contributed by atoms with E-state index in [1.54, 1.807) is 0 Å². The van der Waals surface area contributed by atoms with Crippen molar-refractivity contribution in [2.24, 2.45) is 0 Å². The van der Waals surface area contributed by atoms with Crippen LogP contribution >= 0.6 is 0 Å². The second-order valence-corrected chi connectivity index (χ2v) is 5.95. The third-order valence-electron chi connectivity index (χ3n) is 3.37. The summed E-state index contributed by atoms with van der Waals surface area (Å²) in [7, 11) is 1.87. The fourth-order valence-corrected chi connectivity index (χ4v) is 2.06. The second kappa shape index (κ2) is 5.47. The van der Waals surface area contributed by atoms with E-state index in [-0.39, 0.29) is 5.41 Å². The molecule has 0 atom stereocenters. The topological polar surface area (TPSA) is 40.7 Å². The average Bonchev–Trinajstić information content (AvgIpc) is 2.84. The molecule has 0 aliphatic rings. The van der Waals surface area contributed by atoms with Crippen molar-refractivity contribution in [2.45, 2.75) is 39.0 Å². The zero-order chi connectivity index (χ0) is 13.9. The third-order valence-corrected chi connectivity index (χ3v) is 3.37. The lowest BCUT2D eigenvalue weighted by Gasteiger charge is -2.19. The van der Waals surface area contributed by atoms with E-state index in [1.165, 1.54) is 16.8 Å². The Morgan fingerprint density at radius 2 is 1.79 bits per heavy atom. The molecular formula is C16H23N3. The van der Waals surface area contributed by atoms with Gasteiger partial charge in [0.2, 0.25) is 0 Å². The van der Waals surface area contributed by atoms with Crippen LogP contribution in [0.5, 0.6) is 0 Å². The van der Waals surface area contributed by atoms with Gasteiger partial charge in [0.05, 0.1) is 6.20 Å². The van der Waals surface area contributed by atoms with Crippen molar-refractivity contribution in [3.8, 4) is 0 Å². The lowest BCUT2D eigenvalue weighted by Crippen LogP contribution is -2.10. The summed E-state index contributed by atoms with van der Waals surface area (Å²) in [5.41, 5.74) is 4.15. The maximum Gasteiger partial charge on any atom is 0.200 e. The summed E-state index contributed by atoms with van der Waals surface area (Å²) >= 11 is 0. The number of rotatable bonds is 4. The van der Waals surface area contributed by atoms with Gasteiger partial charge in [0, 0.05) is 12.7 Å². The molecule has 2 aromatic rings. The Morgan fingerprint density at radius 3 is 2.32 bits per heavy atom. The average molecular weight is 257 g/mol. The van der Waals surface area contributed by atoms with Gasteiger partial charge in [-0.3, -0.25) is 0 Å². The highest BCUT2D eigenvalue weighted by Gasteiger charge is 2.12. The molecule has 0 aliphatic heterocycles. The molecule has 1 aromatic heterocycles. The van der Waals surface area contributed by atoms with Crippen LogP contribution in [0.3, 0.4) is 0 Å². The first-order valence-corrected chi connectivity index (χ1v) is 6.80. The van der Waals surface area contributed by atoms with E-state index in [1.807, 2.05) is 13.2 Å². The lowest BCUT2D eigenvalue weighted by molar-refractivity contribution is 0.590. The summed E-state index contributed by atoms with van der Waals surface area (Å²) in [5, 5.41) is 3.00. The van der Waals surface area contributed by atoms with Crippen molar-refractivity contribution in [1.82, 2.24) is 9.97 Å². The van der Waals surface area contributed by atoms with Crippen LogP contribution in [0.2, 0.25) is 0 Å². The van der Waals surface area contributed by atoms with E-state index >= 15 is 0 Å². The van der Waals surface area contributed by atoms with Gasteiger partial charge in [0.1, 0.15) is 0 Å². The summed E-state index contributed by atoms with van der Waals surface area (Å²) in [4.78, 5) is 7.47. The monoisotopic (exact) mass is 257 g/mol. The number of H-pyrrole nitrogens is 1. The first kappa shape index (κ1) is 13.7. The van der Waals surface area contributed by atoms with Crippen molar-refractivity contribution >= 4 is 5.95 Å². The Labute approximate surface area is 115 Å². The minimum atomic E-state index is 0.226. The predicted molar refractivity (Wildman–Crippen MR) is 80.7 cm³/mol. The highest BCUT2D eigenvalue weighted by atomic mass is 15.1. The number of anilines is 1. The van der Waals surface area contributed by atoms with E-state index < -0.39 is 0 Å². The summed E-state index contributed by atoms with van der Waals surface area (Å²) in [6.45, 7) is 6.73. The third kappa shape index (κ3) is 3.60. The second-order valence-electron chi connectivity index (χ2n) is 5.95. The highest BCUT2D eigenvalue weighted by molar-refractivity contribution is 5.29. The Bertz CT molecular complexity index is 518. The first-order valence-electron chi connectivity index (χ1n) is 6.80. The van der Waals surface area contributed by atoms with Crippen molar-refractivity contribution in [3.05, 3.63) is 47.3 Å². The first-order chi connectivity index (χ1) is 8.99. The minimum Gasteiger partial charge on any atom is -0.359 e. The summed E-state index contributed by atoms with van der Waals surface area (Å²) in [6, 6.07) is 8.94. The zero-order valence-corrected chi connectivity index (χ0v) is 12.2. The molecule has 3 heteroatoms. The molecule has 0 saturated heterocycles. The number of hydrogen-bond acceptors (Lipinski definition) is 2. The van der Waals surface area contributed by atoms with Gasteiger partial charge >= 0.3 is 0 Å². The van der Waals surface area contributed by atoms with E-state index in [0.29, 0.717) is 0 Å². The number of nitrogens with one attached hydrogen (secondary N) is 2. The molecule has 2 rings (SSSR count). The van der Waals surface area contributed by atoms with Crippen molar-refractivity contribution in [3.63, 3.8) is 0 Å². The van der Waals surface area contributed by atoms with Gasteiger partial charge in [0.25, 0.3) is 0 Å². The fraction of sp³-hybridized carbons (Fsp3) is 0.438. The van der Waals surface area contributed by atoms with Crippen molar-refractivity contribution in [1.29, 1.82) is 0 Å². The molecule has 19 heavy (non-hydrogen) atoms. The van der Waals surface area contributed by atoms with Gasteiger partial charge in [-0.15, -0.1) is 0 Å². The van der Waals surface area contributed by atoms with Crippen LogP contribution in [0.4, 0.5) is 5.95 Å². The standard InChI is InChI=1S/C16H23N3/c1-16(2,3)13-8-5-12(6-9-13)7-10-14-11-18-15(17-4)19-14/h5-6,8-9,11H,7,10H2,1-4H3,(H2,17,18,19). The number of hydrogen-bond donors (Lipinski definition) is 2.